The maximum absolute atomic E-state index is 12.9. The van der Waals surface area contributed by atoms with E-state index in [0.717, 1.165) is 29.8 Å². The summed E-state index contributed by atoms with van der Waals surface area (Å²) in [6.45, 7) is 3.59. The SMILES string of the molecule is CN(CCCCC(=O)Nc1cccc(CCNC[C@H](O)c2ccc(O)c3[nH]c(=O)ccc23)c1)C(=O)CCN1CCC(OC(=O)Nc2ccccc2-c2ccccc2)CC1. The maximum Gasteiger partial charge on any atom is 0.411 e. The normalized spacial score (nSPS) is 13.8. The van der Waals surface area contributed by atoms with E-state index < -0.39 is 12.2 Å². The number of pyridine rings is 1. The number of piperidine rings is 1. The molecule has 0 spiro atoms. The molecule has 0 unspecified atom stereocenters. The first kappa shape index (κ1) is 42.6. The van der Waals surface area contributed by atoms with Crippen LogP contribution in [-0.4, -0.2) is 95.3 Å². The Balaban J connectivity index is 0.819. The predicted octanol–water partition coefficient (Wildman–Crippen LogP) is 6.44. The van der Waals surface area contributed by atoms with Crippen LogP contribution in [0.5, 0.6) is 5.75 Å². The van der Waals surface area contributed by atoms with Crippen LogP contribution in [0.3, 0.4) is 0 Å². The molecule has 2 heterocycles. The van der Waals surface area contributed by atoms with E-state index in [9.17, 15) is 29.4 Å². The first-order valence-electron chi connectivity index (χ1n) is 20.3. The van der Waals surface area contributed by atoms with Crippen molar-refractivity contribution in [3.05, 3.63) is 125 Å². The maximum atomic E-state index is 12.9. The minimum absolute atomic E-state index is 0.0526. The second kappa shape index (κ2) is 21.1. The van der Waals surface area contributed by atoms with E-state index in [1.54, 1.807) is 24.1 Å². The van der Waals surface area contributed by atoms with Gasteiger partial charge in [0, 0.05) is 75.3 Å². The fourth-order valence-electron chi connectivity index (χ4n) is 7.37. The zero-order chi connectivity index (χ0) is 41.6. The topological polar surface area (TPSA) is 176 Å². The number of nitrogens with one attached hydrogen (secondary N) is 4. The smallest absolute Gasteiger partial charge is 0.411 e. The third-order valence-electron chi connectivity index (χ3n) is 10.7. The molecule has 1 fully saturated rings. The molecular formula is C46H54N6O7. The van der Waals surface area contributed by atoms with Crippen molar-refractivity contribution in [2.75, 3.05) is 56.9 Å². The van der Waals surface area contributed by atoms with Gasteiger partial charge >= 0.3 is 6.09 Å². The Kier molecular flexibility index (Phi) is 15.2. The summed E-state index contributed by atoms with van der Waals surface area (Å²) < 4.78 is 5.76. The van der Waals surface area contributed by atoms with Crippen LogP contribution < -0.4 is 21.5 Å². The number of H-pyrrole nitrogens is 1. The fraction of sp³-hybridized carbons (Fsp3) is 0.348. The van der Waals surface area contributed by atoms with Crippen molar-refractivity contribution in [1.29, 1.82) is 0 Å². The van der Waals surface area contributed by atoms with E-state index >= 15 is 0 Å². The van der Waals surface area contributed by atoms with Crippen molar-refractivity contribution in [1.82, 2.24) is 20.1 Å². The molecule has 13 heteroatoms. The Morgan fingerprint density at radius 3 is 2.49 bits per heavy atom. The Morgan fingerprint density at radius 1 is 0.898 bits per heavy atom. The summed E-state index contributed by atoms with van der Waals surface area (Å²) in [5, 5.41) is 30.6. The van der Waals surface area contributed by atoms with Crippen LogP contribution in [0, 0.1) is 0 Å². The number of ether oxygens (including phenoxy) is 1. The molecule has 1 aliphatic heterocycles. The molecule has 5 aromatic rings. The monoisotopic (exact) mass is 802 g/mol. The lowest BCUT2D eigenvalue weighted by Gasteiger charge is -2.31. The number of aromatic nitrogens is 1. The lowest BCUT2D eigenvalue weighted by molar-refractivity contribution is -0.130. The molecule has 1 aromatic heterocycles. The highest BCUT2D eigenvalue weighted by atomic mass is 16.6. The molecule has 0 radical (unpaired) electrons. The molecule has 59 heavy (non-hydrogen) atoms. The van der Waals surface area contributed by atoms with Gasteiger partial charge in [-0.15, -0.1) is 0 Å². The van der Waals surface area contributed by atoms with Gasteiger partial charge in [-0.05, 0) is 85.7 Å². The van der Waals surface area contributed by atoms with E-state index in [0.29, 0.717) is 92.4 Å². The summed E-state index contributed by atoms with van der Waals surface area (Å²) in [7, 11) is 1.80. The third kappa shape index (κ3) is 12.5. The molecule has 6 rings (SSSR count). The molecule has 6 N–H and O–H groups in total. The number of aromatic hydroxyl groups is 1. The molecule has 0 aliphatic carbocycles. The molecule has 0 bridgehead atoms. The van der Waals surface area contributed by atoms with E-state index in [-0.39, 0.29) is 35.8 Å². The van der Waals surface area contributed by atoms with Crippen molar-refractivity contribution < 1.29 is 29.3 Å². The van der Waals surface area contributed by atoms with Crippen molar-refractivity contribution in [2.45, 2.75) is 57.2 Å². The zero-order valence-electron chi connectivity index (χ0n) is 33.5. The van der Waals surface area contributed by atoms with Crippen LogP contribution >= 0.6 is 0 Å². The van der Waals surface area contributed by atoms with Gasteiger partial charge in [0.2, 0.25) is 17.4 Å². The predicted molar refractivity (Wildman–Crippen MR) is 230 cm³/mol. The summed E-state index contributed by atoms with van der Waals surface area (Å²) in [5.74, 6) is -0.0681. The van der Waals surface area contributed by atoms with Crippen LogP contribution in [0.1, 0.15) is 55.8 Å². The lowest BCUT2D eigenvalue weighted by Crippen LogP contribution is -2.40. The minimum Gasteiger partial charge on any atom is -0.506 e. The summed E-state index contributed by atoms with van der Waals surface area (Å²) in [6.07, 6.45) is 2.73. The number of phenolic OH excluding ortho intramolecular Hbond substituents is 1. The number of phenols is 1. The van der Waals surface area contributed by atoms with Gasteiger partial charge in [0.1, 0.15) is 11.9 Å². The van der Waals surface area contributed by atoms with Gasteiger partial charge in [-0.2, -0.15) is 0 Å². The first-order valence-corrected chi connectivity index (χ1v) is 20.3. The summed E-state index contributed by atoms with van der Waals surface area (Å²) in [4.78, 5) is 56.6. The third-order valence-corrected chi connectivity index (χ3v) is 10.7. The number of amides is 3. The molecule has 1 atom stereocenters. The standard InChI is InChI=1S/C46H54N6O7/c1-51(44(57)24-29-52-27-22-35(23-28-52)59-46(58)49-39-15-6-5-14-36(39)33-11-3-2-4-12-33)26-8-7-16-42(55)48-34-13-9-10-32(30-34)21-25-47-31-41(54)37-17-19-40(53)45-38(37)18-20-43(56)50-45/h2-6,9-15,17-20,30,35,41,47,53-54H,7-8,16,21-29,31H2,1H3,(H,48,55)(H,49,58)(H,50,56)/t41-/m0/s1. The number of rotatable bonds is 18. The van der Waals surface area contributed by atoms with Crippen LogP contribution in [-0.2, 0) is 20.7 Å². The average Bonchev–Trinajstić information content (AvgIpc) is 3.24. The number of benzene rings is 4. The van der Waals surface area contributed by atoms with Crippen LogP contribution in [0.25, 0.3) is 22.0 Å². The number of fused-ring (bicyclic) bond motifs is 1. The second-order valence-corrected chi connectivity index (χ2v) is 15.0. The minimum atomic E-state index is -0.846. The number of aromatic amines is 1. The Morgan fingerprint density at radius 2 is 1.68 bits per heavy atom. The Bertz CT molecular complexity index is 2240. The first-order chi connectivity index (χ1) is 28.6. The quantitative estimate of drug-likeness (QED) is 0.0545. The second-order valence-electron chi connectivity index (χ2n) is 15.0. The van der Waals surface area contributed by atoms with E-state index in [1.165, 1.54) is 12.1 Å². The summed E-state index contributed by atoms with van der Waals surface area (Å²) in [5.41, 5.74) is 4.96. The molecule has 1 aliphatic rings. The van der Waals surface area contributed by atoms with Crippen LogP contribution in [0.15, 0.2) is 108 Å². The van der Waals surface area contributed by atoms with Crippen molar-refractivity contribution in [2.24, 2.45) is 0 Å². The molecule has 0 saturated carbocycles. The van der Waals surface area contributed by atoms with Gasteiger partial charge in [0.25, 0.3) is 0 Å². The number of para-hydroxylation sites is 1. The van der Waals surface area contributed by atoms with Gasteiger partial charge in [0.05, 0.1) is 17.3 Å². The van der Waals surface area contributed by atoms with Crippen molar-refractivity contribution in [3.8, 4) is 16.9 Å². The molecule has 3 amide bonds. The Labute approximate surface area is 344 Å². The van der Waals surface area contributed by atoms with E-state index in [2.05, 4.69) is 25.8 Å². The van der Waals surface area contributed by atoms with E-state index in [4.69, 9.17) is 4.74 Å². The van der Waals surface area contributed by atoms with Gasteiger partial charge < -0.3 is 40.4 Å². The molecule has 4 aromatic carbocycles. The number of anilines is 2. The number of aliphatic hydroxyl groups excluding tert-OH is 1. The van der Waals surface area contributed by atoms with Crippen molar-refractivity contribution in [3.63, 3.8) is 0 Å². The number of nitrogens with zero attached hydrogens (tertiary/aromatic N) is 2. The summed E-state index contributed by atoms with van der Waals surface area (Å²) >= 11 is 0. The van der Waals surface area contributed by atoms with Gasteiger partial charge in [0.15, 0.2) is 0 Å². The van der Waals surface area contributed by atoms with Crippen LogP contribution in [0.2, 0.25) is 0 Å². The molecular weight excluding hydrogens is 749 g/mol. The lowest BCUT2D eigenvalue weighted by atomic mass is 10.0. The average molecular weight is 803 g/mol. The molecule has 1 saturated heterocycles. The summed E-state index contributed by atoms with van der Waals surface area (Å²) in [6, 6.07) is 31.3. The number of likely N-dealkylation sites (tertiary alicyclic amines) is 1. The number of hydrogen-bond acceptors (Lipinski definition) is 9. The molecule has 310 valence electrons. The fourth-order valence-corrected chi connectivity index (χ4v) is 7.37. The molecule has 13 nitrogen and oxygen atoms in total. The van der Waals surface area contributed by atoms with E-state index in [1.807, 2.05) is 78.9 Å². The largest absolute Gasteiger partial charge is 0.506 e. The van der Waals surface area contributed by atoms with Crippen LogP contribution in [0.4, 0.5) is 16.2 Å². The highest BCUT2D eigenvalue weighted by Crippen LogP contribution is 2.29. The number of carbonyl (C=O) groups is 3. The highest BCUT2D eigenvalue weighted by molar-refractivity contribution is 5.92. The van der Waals surface area contributed by atoms with Crippen molar-refractivity contribution >= 4 is 40.2 Å². The zero-order valence-corrected chi connectivity index (χ0v) is 33.5. The number of carbonyl (C=O) groups excluding carboxylic acids is 3. The van der Waals surface area contributed by atoms with Gasteiger partial charge in [-0.3, -0.25) is 19.7 Å². The number of aliphatic hydroxyl groups is 1. The Hall–Kier alpha value is -6.02. The van der Waals surface area contributed by atoms with Gasteiger partial charge in [-0.25, -0.2) is 4.79 Å². The number of hydrogen-bond donors (Lipinski definition) is 6. The van der Waals surface area contributed by atoms with Gasteiger partial charge in [-0.1, -0.05) is 66.7 Å². The highest BCUT2D eigenvalue weighted by Gasteiger charge is 2.24. The number of unbranched alkanes of at least 4 members (excludes halogenated alkanes) is 1.